The van der Waals surface area contributed by atoms with Gasteiger partial charge in [0, 0.05) is 13.1 Å². The molecule has 1 heterocycles. The lowest BCUT2D eigenvalue weighted by Crippen LogP contribution is -2.40. The van der Waals surface area contributed by atoms with E-state index in [1.54, 1.807) is 0 Å². The fourth-order valence-electron chi connectivity index (χ4n) is 2.29. The van der Waals surface area contributed by atoms with Gasteiger partial charge in [-0.25, -0.2) is 12.8 Å². The van der Waals surface area contributed by atoms with Gasteiger partial charge in [-0.05, 0) is 37.4 Å². The van der Waals surface area contributed by atoms with Crippen LogP contribution in [0.2, 0.25) is 10.0 Å². The van der Waals surface area contributed by atoms with Crippen molar-refractivity contribution in [3.05, 3.63) is 28.0 Å². The third-order valence-corrected chi connectivity index (χ3v) is 6.29. The summed E-state index contributed by atoms with van der Waals surface area (Å²) < 4.78 is 39.5. The highest BCUT2D eigenvalue weighted by Crippen LogP contribution is 2.34. The minimum Gasteiger partial charge on any atom is -0.330 e. The van der Waals surface area contributed by atoms with Crippen LogP contribution < -0.4 is 5.73 Å². The van der Waals surface area contributed by atoms with E-state index in [2.05, 4.69) is 0 Å². The summed E-state index contributed by atoms with van der Waals surface area (Å²) >= 11 is 11.7. The van der Waals surface area contributed by atoms with Gasteiger partial charge in [-0.2, -0.15) is 4.31 Å². The summed E-state index contributed by atoms with van der Waals surface area (Å²) in [5.41, 5.74) is 5.58. The molecule has 2 rings (SSSR count). The molecule has 1 aromatic carbocycles. The number of piperidine rings is 1. The van der Waals surface area contributed by atoms with E-state index in [0.717, 1.165) is 12.1 Å². The predicted molar refractivity (Wildman–Crippen MR) is 77.0 cm³/mol. The van der Waals surface area contributed by atoms with E-state index in [4.69, 9.17) is 28.9 Å². The molecule has 0 saturated carbocycles. The molecule has 20 heavy (non-hydrogen) atoms. The molecule has 0 amide bonds. The molecular formula is C12H15Cl2FN2O2S. The highest BCUT2D eigenvalue weighted by molar-refractivity contribution is 7.89. The van der Waals surface area contributed by atoms with Crippen LogP contribution in [0.4, 0.5) is 4.39 Å². The van der Waals surface area contributed by atoms with Crippen LogP contribution in [0.1, 0.15) is 12.8 Å². The number of nitrogens with zero attached hydrogens (tertiary/aromatic N) is 1. The largest absolute Gasteiger partial charge is 0.330 e. The number of hydrogen-bond donors (Lipinski definition) is 1. The summed E-state index contributed by atoms with van der Waals surface area (Å²) in [4.78, 5) is -0.228. The fraction of sp³-hybridized carbons (Fsp3) is 0.500. The molecule has 8 heteroatoms. The number of benzene rings is 1. The summed E-state index contributed by atoms with van der Waals surface area (Å²) in [6.07, 6.45) is 1.40. The molecule has 1 saturated heterocycles. The molecule has 0 atom stereocenters. The Morgan fingerprint density at radius 1 is 1.25 bits per heavy atom. The lowest BCUT2D eigenvalue weighted by Gasteiger charge is -2.31. The first-order valence-electron chi connectivity index (χ1n) is 6.21. The SMILES string of the molecule is NCC1CCN(S(=O)(=O)c2c(Cl)cc(F)cc2Cl)CC1. The molecule has 1 aromatic rings. The van der Waals surface area contributed by atoms with E-state index < -0.39 is 15.8 Å². The predicted octanol–water partition coefficient (Wildman–Crippen LogP) is 2.49. The summed E-state index contributed by atoms with van der Waals surface area (Å²) in [5.74, 6) is -0.332. The zero-order chi connectivity index (χ0) is 14.9. The minimum absolute atomic E-state index is 0.198. The Morgan fingerprint density at radius 2 is 1.75 bits per heavy atom. The van der Waals surface area contributed by atoms with Crippen LogP contribution >= 0.6 is 23.2 Å². The van der Waals surface area contributed by atoms with Gasteiger partial charge in [0.1, 0.15) is 10.7 Å². The van der Waals surface area contributed by atoms with E-state index >= 15 is 0 Å². The van der Waals surface area contributed by atoms with Gasteiger partial charge in [0.25, 0.3) is 0 Å². The molecule has 4 nitrogen and oxygen atoms in total. The average Bonchev–Trinajstić information content (AvgIpc) is 2.37. The molecule has 2 N–H and O–H groups in total. The molecule has 0 aromatic heterocycles. The first kappa shape index (κ1) is 16.0. The molecule has 0 radical (unpaired) electrons. The quantitative estimate of drug-likeness (QED) is 0.919. The second-order valence-electron chi connectivity index (χ2n) is 4.78. The van der Waals surface area contributed by atoms with Gasteiger partial charge in [-0.3, -0.25) is 0 Å². The Hall–Kier alpha value is -0.400. The molecule has 1 aliphatic heterocycles. The highest BCUT2D eigenvalue weighted by Gasteiger charge is 2.32. The third kappa shape index (κ3) is 3.09. The lowest BCUT2D eigenvalue weighted by atomic mass is 9.99. The summed E-state index contributed by atoms with van der Waals surface area (Å²) in [6, 6.07) is 1.90. The number of sulfonamides is 1. The standard InChI is InChI=1S/C12H15Cl2FN2O2S/c13-10-5-9(15)6-11(14)12(10)20(18,19)17-3-1-8(7-16)2-4-17/h5-6,8H,1-4,7,16H2. The first-order chi connectivity index (χ1) is 9.36. The maximum absolute atomic E-state index is 13.1. The van der Waals surface area contributed by atoms with Gasteiger partial charge in [-0.15, -0.1) is 0 Å². The van der Waals surface area contributed by atoms with Crippen molar-refractivity contribution in [2.24, 2.45) is 11.7 Å². The maximum Gasteiger partial charge on any atom is 0.246 e. The smallest absolute Gasteiger partial charge is 0.246 e. The first-order valence-corrected chi connectivity index (χ1v) is 8.40. The van der Waals surface area contributed by atoms with Crippen LogP contribution in [0.5, 0.6) is 0 Å². The zero-order valence-corrected chi connectivity index (χ0v) is 13.0. The van der Waals surface area contributed by atoms with Crippen molar-refractivity contribution in [3.63, 3.8) is 0 Å². The average molecular weight is 341 g/mol. The van der Waals surface area contributed by atoms with Gasteiger partial charge >= 0.3 is 0 Å². The Kier molecular flexibility index (Phi) is 4.92. The van der Waals surface area contributed by atoms with Crippen molar-refractivity contribution < 1.29 is 12.8 Å². The minimum atomic E-state index is -3.81. The van der Waals surface area contributed by atoms with E-state index in [-0.39, 0.29) is 14.9 Å². The van der Waals surface area contributed by atoms with Gasteiger partial charge < -0.3 is 5.73 Å². The fourth-order valence-corrected chi connectivity index (χ4v) is 4.90. The van der Waals surface area contributed by atoms with Crippen LogP contribution in [0.25, 0.3) is 0 Å². The highest BCUT2D eigenvalue weighted by atomic mass is 35.5. The Labute approximate surface area is 127 Å². The zero-order valence-electron chi connectivity index (χ0n) is 10.7. The molecule has 0 spiro atoms. The normalized spacial score (nSPS) is 18.4. The van der Waals surface area contributed by atoms with Crippen molar-refractivity contribution in [1.29, 1.82) is 0 Å². The monoisotopic (exact) mass is 340 g/mol. The van der Waals surface area contributed by atoms with Crippen molar-refractivity contribution >= 4 is 33.2 Å². The Balaban J connectivity index is 2.32. The van der Waals surface area contributed by atoms with E-state index in [9.17, 15) is 12.8 Å². The maximum atomic E-state index is 13.1. The summed E-state index contributed by atoms with van der Waals surface area (Å²) in [7, 11) is -3.81. The van der Waals surface area contributed by atoms with Gasteiger partial charge in [0.15, 0.2) is 0 Å². The Morgan fingerprint density at radius 3 is 2.20 bits per heavy atom. The lowest BCUT2D eigenvalue weighted by molar-refractivity contribution is 0.278. The molecule has 0 unspecified atom stereocenters. The van der Waals surface area contributed by atoms with Gasteiger partial charge in [-0.1, -0.05) is 23.2 Å². The van der Waals surface area contributed by atoms with Gasteiger partial charge in [0.05, 0.1) is 10.0 Å². The second kappa shape index (κ2) is 6.15. The molecule has 0 aliphatic carbocycles. The molecule has 0 bridgehead atoms. The van der Waals surface area contributed by atoms with Gasteiger partial charge in [0.2, 0.25) is 10.0 Å². The molecule has 1 fully saturated rings. The van der Waals surface area contributed by atoms with E-state index in [1.165, 1.54) is 4.31 Å². The third-order valence-electron chi connectivity index (χ3n) is 3.47. The van der Waals surface area contributed by atoms with Crippen LogP contribution in [0, 0.1) is 11.7 Å². The van der Waals surface area contributed by atoms with Crippen LogP contribution in [-0.2, 0) is 10.0 Å². The number of halogens is 3. The van der Waals surface area contributed by atoms with Crippen molar-refractivity contribution in [3.8, 4) is 0 Å². The van der Waals surface area contributed by atoms with Crippen molar-refractivity contribution in [1.82, 2.24) is 4.31 Å². The van der Waals surface area contributed by atoms with E-state index in [0.29, 0.717) is 38.4 Å². The summed E-state index contributed by atoms with van der Waals surface area (Å²) in [6.45, 7) is 1.29. The van der Waals surface area contributed by atoms with Crippen LogP contribution in [-0.4, -0.2) is 32.4 Å². The molecular weight excluding hydrogens is 326 g/mol. The Bertz CT molecular complexity index is 578. The van der Waals surface area contributed by atoms with Crippen molar-refractivity contribution in [2.45, 2.75) is 17.7 Å². The molecule has 1 aliphatic rings. The number of hydrogen-bond acceptors (Lipinski definition) is 3. The number of rotatable bonds is 3. The number of nitrogens with two attached hydrogens (primary N) is 1. The van der Waals surface area contributed by atoms with Crippen LogP contribution in [0.15, 0.2) is 17.0 Å². The topological polar surface area (TPSA) is 63.4 Å². The van der Waals surface area contributed by atoms with E-state index in [1.807, 2.05) is 0 Å². The summed E-state index contributed by atoms with van der Waals surface area (Å²) in [5, 5.41) is -0.396. The van der Waals surface area contributed by atoms with Crippen LogP contribution in [0.3, 0.4) is 0 Å². The molecule has 112 valence electrons. The second-order valence-corrected chi connectivity index (χ2v) is 7.47. The van der Waals surface area contributed by atoms with Crippen molar-refractivity contribution in [2.75, 3.05) is 19.6 Å².